The number of hydrogen-bond acceptors (Lipinski definition) is 5. The Morgan fingerprint density at radius 2 is 2.47 bits per heavy atom. The van der Waals surface area contributed by atoms with Crippen molar-refractivity contribution in [3.05, 3.63) is 16.1 Å². The molecule has 2 atom stereocenters. The molecular weight excluding hydrogens is 221 g/mol. The lowest BCUT2D eigenvalue weighted by atomic mass is 10.2. The number of aromatic nitrogens is 1. The highest BCUT2D eigenvalue weighted by Gasteiger charge is 2.30. The van der Waals surface area contributed by atoms with Crippen LogP contribution >= 0.6 is 11.3 Å². The van der Waals surface area contributed by atoms with Crippen molar-refractivity contribution < 1.29 is 19.0 Å². The van der Waals surface area contributed by atoms with Crippen LogP contribution in [0.25, 0.3) is 0 Å². The van der Waals surface area contributed by atoms with E-state index in [1.807, 2.05) is 0 Å². The first-order valence-electron chi connectivity index (χ1n) is 4.47. The molecule has 0 aliphatic heterocycles. The van der Waals surface area contributed by atoms with Gasteiger partial charge in [0.05, 0.1) is 6.61 Å². The summed E-state index contributed by atoms with van der Waals surface area (Å²) in [4.78, 5) is 14.9. The molecule has 6 heteroatoms. The van der Waals surface area contributed by atoms with Gasteiger partial charge in [-0.2, -0.15) is 0 Å². The Bertz CT molecular complexity index is 342. The van der Waals surface area contributed by atoms with Crippen molar-refractivity contribution in [2.45, 2.75) is 26.1 Å². The first kappa shape index (κ1) is 12.1. The second-order valence-electron chi connectivity index (χ2n) is 2.93. The predicted molar refractivity (Wildman–Crippen MR) is 53.3 cm³/mol. The number of hydrogen-bond donors (Lipinski definition) is 1. The van der Waals surface area contributed by atoms with Crippen LogP contribution in [0, 0.1) is 6.92 Å². The molecule has 1 N–H and O–H groups in total. The maximum absolute atomic E-state index is 13.3. The molecule has 4 nitrogen and oxygen atoms in total. The summed E-state index contributed by atoms with van der Waals surface area (Å²) < 4.78 is 17.8. The lowest BCUT2D eigenvalue weighted by molar-refractivity contribution is -0.153. The molecule has 0 aliphatic rings. The topological polar surface area (TPSA) is 59.4 Å². The summed E-state index contributed by atoms with van der Waals surface area (Å²) in [5.41, 5.74) is 0.685. The van der Waals surface area contributed by atoms with Gasteiger partial charge < -0.3 is 9.84 Å². The quantitative estimate of drug-likeness (QED) is 0.798. The van der Waals surface area contributed by atoms with Crippen LogP contribution in [0.4, 0.5) is 4.39 Å². The Morgan fingerprint density at radius 3 is 2.93 bits per heavy atom. The van der Waals surface area contributed by atoms with E-state index in [0.29, 0.717) is 5.69 Å². The van der Waals surface area contributed by atoms with E-state index in [4.69, 9.17) is 0 Å². The zero-order chi connectivity index (χ0) is 11.4. The number of ether oxygens (including phenoxy) is 1. The summed E-state index contributed by atoms with van der Waals surface area (Å²) in [5, 5.41) is 11.3. The van der Waals surface area contributed by atoms with Crippen LogP contribution < -0.4 is 0 Å². The van der Waals surface area contributed by atoms with Gasteiger partial charge in [-0.05, 0) is 13.8 Å². The van der Waals surface area contributed by atoms with Crippen molar-refractivity contribution in [1.82, 2.24) is 4.98 Å². The molecular formula is C9H12FNO3S. The second-order valence-corrected chi connectivity index (χ2v) is 3.82. The van der Waals surface area contributed by atoms with Crippen molar-refractivity contribution in [3.63, 3.8) is 0 Å². The highest BCUT2D eigenvalue weighted by Crippen LogP contribution is 2.23. The SMILES string of the molecule is CCOC(=O)C(F)C(O)c1nc(C)cs1. The highest BCUT2D eigenvalue weighted by atomic mass is 32.1. The fourth-order valence-corrected chi connectivity index (χ4v) is 1.78. The summed E-state index contributed by atoms with van der Waals surface area (Å²) in [7, 11) is 0. The second kappa shape index (κ2) is 5.18. The monoisotopic (exact) mass is 233 g/mol. The summed E-state index contributed by atoms with van der Waals surface area (Å²) in [5.74, 6) is -1.06. The summed E-state index contributed by atoms with van der Waals surface area (Å²) in [6.07, 6.45) is -3.61. The van der Waals surface area contributed by atoms with Crippen molar-refractivity contribution in [3.8, 4) is 0 Å². The largest absolute Gasteiger partial charge is 0.464 e. The Kier molecular flexibility index (Phi) is 4.16. The first-order valence-corrected chi connectivity index (χ1v) is 5.35. The number of carbonyl (C=O) groups excluding carboxylic acids is 1. The maximum Gasteiger partial charge on any atom is 0.343 e. The maximum atomic E-state index is 13.3. The summed E-state index contributed by atoms with van der Waals surface area (Å²) in [6, 6.07) is 0. The molecule has 84 valence electrons. The van der Waals surface area contributed by atoms with Crippen LogP contribution in [0.2, 0.25) is 0 Å². The fraction of sp³-hybridized carbons (Fsp3) is 0.556. The van der Waals surface area contributed by atoms with Crippen LogP contribution in [0.15, 0.2) is 5.38 Å². The van der Waals surface area contributed by atoms with Crippen LogP contribution in [0.3, 0.4) is 0 Å². The number of thiazole rings is 1. The lowest BCUT2D eigenvalue weighted by Crippen LogP contribution is -2.26. The molecule has 0 radical (unpaired) electrons. The zero-order valence-electron chi connectivity index (χ0n) is 8.44. The van der Waals surface area contributed by atoms with Gasteiger partial charge in [-0.15, -0.1) is 11.3 Å². The molecule has 1 aromatic rings. The van der Waals surface area contributed by atoms with Gasteiger partial charge in [0.1, 0.15) is 11.1 Å². The number of esters is 1. The van der Waals surface area contributed by atoms with Crippen LogP contribution in [0.5, 0.6) is 0 Å². The van der Waals surface area contributed by atoms with E-state index >= 15 is 0 Å². The van der Waals surface area contributed by atoms with Gasteiger partial charge in [0, 0.05) is 11.1 Å². The van der Waals surface area contributed by atoms with E-state index in [0.717, 1.165) is 11.3 Å². The van der Waals surface area contributed by atoms with E-state index in [1.54, 1.807) is 19.2 Å². The predicted octanol–water partition coefficient (Wildman–Crippen LogP) is 1.39. The number of nitrogens with zero attached hydrogens (tertiary/aromatic N) is 1. The van der Waals surface area contributed by atoms with E-state index in [1.165, 1.54) is 0 Å². The molecule has 2 unspecified atom stereocenters. The average molecular weight is 233 g/mol. The van der Waals surface area contributed by atoms with Gasteiger partial charge in [0.25, 0.3) is 0 Å². The van der Waals surface area contributed by atoms with E-state index in [9.17, 15) is 14.3 Å². The third-order valence-corrected chi connectivity index (χ3v) is 2.71. The molecule has 0 amide bonds. The van der Waals surface area contributed by atoms with Crippen molar-refractivity contribution >= 4 is 17.3 Å². The molecule has 0 saturated heterocycles. The Labute approximate surface area is 90.7 Å². The molecule has 0 spiro atoms. The van der Waals surface area contributed by atoms with Gasteiger partial charge in [-0.25, -0.2) is 14.2 Å². The Balaban J connectivity index is 2.67. The molecule has 0 aromatic carbocycles. The van der Waals surface area contributed by atoms with Crippen molar-refractivity contribution in [2.75, 3.05) is 6.61 Å². The molecule has 1 aromatic heterocycles. The van der Waals surface area contributed by atoms with Gasteiger partial charge in [0.2, 0.25) is 6.17 Å². The Morgan fingerprint density at radius 1 is 1.80 bits per heavy atom. The van der Waals surface area contributed by atoms with Crippen LogP contribution in [-0.4, -0.2) is 28.8 Å². The minimum absolute atomic E-state index is 0.0862. The van der Waals surface area contributed by atoms with E-state index in [2.05, 4.69) is 9.72 Å². The summed E-state index contributed by atoms with van der Waals surface area (Å²) in [6.45, 7) is 3.39. The zero-order valence-corrected chi connectivity index (χ0v) is 9.25. The first-order chi connectivity index (χ1) is 7.06. The summed E-state index contributed by atoms with van der Waals surface area (Å²) >= 11 is 1.11. The standard InChI is InChI=1S/C9H12FNO3S/c1-3-14-9(13)6(10)7(12)8-11-5(2)4-15-8/h4,6-7,12H,3H2,1-2H3. The number of rotatable bonds is 4. The smallest absolute Gasteiger partial charge is 0.343 e. The molecule has 0 aliphatic carbocycles. The van der Waals surface area contributed by atoms with Crippen LogP contribution in [0.1, 0.15) is 23.7 Å². The van der Waals surface area contributed by atoms with E-state index in [-0.39, 0.29) is 11.6 Å². The minimum Gasteiger partial charge on any atom is -0.464 e. The average Bonchev–Trinajstić information content (AvgIpc) is 2.63. The molecule has 0 fully saturated rings. The molecule has 1 heterocycles. The van der Waals surface area contributed by atoms with Crippen molar-refractivity contribution in [2.24, 2.45) is 0 Å². The number of aryl methyl sites for hydroxylation is 1. The molecule has 0 saturated carbocycles. The number of alkyl halides is 1. The van der Waals surface area contributed by atoms with Gasteiger partial charge in [-0.3, -0.25) is 0 Å². The lowest BCUT2D eigenvalue weighted by Gasteiger charge is -2.11. The molecule has 0 bridgehead atoms. The van der Waals surface area contributed by atoms with Crippen molar-refractivity contribution in [1.29, 1.82) is 0 Å². The van der Waals surface area contributed by atoms with Gasteiger partial charge in [0.15, 0.2) is 0 Å². The number of aliphatic hydroxyl groups excluding tert-OH is 1. The molecule has 1 rings (SSSR count). The third kappa shape index (κ3) is 2.97. The fourth-order valence-electron chi connectivity index (χ4n) is 0.984. The van der Waals surface area contributed by atoms with Gasteiger partial charge >= 0.3 is 5.97 Å². The normalized spacial score (nSPS) is 14.7. The van der Waals surface area contributed by atoms with E-state index < -0.39 is 18.2 Å². The Hall–Kier alpha value is -1.01. The minimum atomic E-state index is -2.07. The number of carbonyl (C=O) groups is 1. The number of halogens is 1. The highest BCUT2D eigenvalue weighted by molar-refractivity contribution is 7.09. The van der Waals surface area contributed by atoms with Crippen LogP contribution in [-0.2, 0) is 9.53 Å². The third-order valence-electron chi connectivity index (χ3n) is 1.68. The number of aliphatic hydroxyl groups is 1. The van der Waals surface area contributed by atoms with Gasteiger partial charge in [-0.1, -0.05) is 0 Å². The molecule has 15 heavy (non-hydrogen) atoms.